The zero-order valence-electron chi connectivity index (χ0n) is 13.3. The van der Waals surface area contributed by atoms with Crippen LogP contribution in [0.1, 0.15) is 23.5 Å². The maximum absolute atomic E-state index is 12.7. The van der Waals surface area contributed by atoms with E-state index in [1.165, 1.54) is 12.1 Å². The highest BCUT2D eigenvalue weighted by atomic mass is 19.4. The zero-order chi connectivity index (χ0) is 18.0. The number of hydrogen-bond donors (Lipinski definition) is 1. The maximum atomic E-state index is 12.7. The van der Waals surface area contributed by atoms with Crippen molar-refractivity contribution in [2.45, 2.75) is 18.5 Å². The van der Waals surface area contributed by atoms with Gasteiger partial charge in [-0.25, -0.2) is 0 Å². The second kappa shape index (κ2) is 6.84. The molecule has 132 valence electrons. The SMILES string of the molecule is O=C(O)CN1CCC(c2ccnc(-c3ccc(C(F)(F)F)cc3)c2)C1. The van der Waals surface area contributed by atoms with Gasteiger partial charge in [-0.15, -0.1) is 0 Å². The van der Waals surface area contributed by atoms with Crippen LogP contribution in [0.4, 0.5) is 13.2 Å². The Morgan fingerprint density at radius 3 is 2.60 bits per heavy atom. The molecular formula is C18H17F3N2O2. The van der Waals surface area contributed by atoms with Crippen LogP contribution in [-0.2, 0) is 11.0 Å². The van der Waals surface area contributed by atoms with Gasteiger partial charge in [0.1, 0.15) is 0 Å². The summed E-state index contributed by atoms with van der Waals surface area (Å²) in [6.45, 7) is 1.39. The summed E-state index contributed by atoms with van der Waals surface area (Å²) in [7, 11) is 0. The summed E-state index contributed by atoms with van der Waals surface area (Å²) >= 11 is 0. The lowest BCUT2D eigenvalue weighted by Gasteiger charge is -2.14. The van der Waals surface area contributed by atoms with E-state index in [4.69, 9.17) is 5.11 Å². The van der Waals surface area contributed by atoms with Crippen molar-refractivity contribution >= 4 is 5.97 Å². The fourth-order valence-corrected chi connectivity index (χ4v) is 3.13. The Bertz CT molecular complexity index is 760. The number of alkyl halides is 3. The standard InChI is InChI=1S/C18H17F3N2O2/c19-18(20,21)15-3-1-12(2-4-15)16-9-13(5-7-22-16)14-6-8-23(10-14)11-17(24)25/h1-5,7,9,14H,6,8,10-11H2,(H,24,25). The molecule has 0 spiro atoms. The molecule has 4 nitrogen and oxygen atoms in total. The quantitative estimate of drug-likeness (QED) is 0.915. The van der Waals surface area contributed by atoms with Crippen LogP contribution in [0, 0.1) is 0 Å². The number of benzene rings is 1. The smallest absolute Gasteiger partial charge is 0.416 e. The number of carbonyl (C=O) groups is 1. The molecule has 1 saturated heterocycles. The molecule has 7 heteroatoms. The fraction of sp³-hybridized carbons (Fsp3) is 0.333. The summed E-state index contributed by atoms with van der Waals surface area (Å²) < 4.78 is 38.0. The van der Waals surface area contributed by atoms with E-state index in [1.807, 2.05) is 17.0 Å². The van der Waals surface area contributed by atoms with Crippen LogP contribution in [-0.4, -0.2) is 40.6 Å². The first-order valence-electron chi connectivity index (χ1n) is 7.90. The van der Waals surface area contributed by atoms with Gasteiger partial charge < -0.3 is 5.11 Å². The maximum Gasteiger partial charge on any atom is 0.416 e. The van der Waals surface area contributed by atoms with Crippen molar-refractivity contribution in [2.24, 2.45) is 0 Å². The van der Waals surface area contributed by atoms with Gasteiger partial charge in [-0.2, -0.15) is 13.2 Å². The number of likely N-dealkylation sites (tertiary alicyclic amines) is 1. The first kappa shape index (κ1) is 17.4. The summed E-state index contributed by atoms with van der Waals surface area (Å²) in [6.07, 6.45) is -1.86. The van der Waals surface area contributed by atoms with Crippen LogP contribution in [0.25, 0.3) is 11.3 Å². The molecule has 1 N–H and O–H groups in total. The van der Waals surface area contributed by atoms with Crippen molar-refractivity contribution in [1.29, 1.82) is 0 Å². The fourth-order valence-electron chi connectivity index (χ4n) is 3.13. The molecule has 1 unspecified atom stereocenters. The van der Waals surface area contributed by atoms with E-state index < -0.39 is 17.7 Å². The molecule has 0 saturated carbocycles. The molecule has 0 bridgehead atoms. The van der Waals surface area contributed by atoms with Gasteiger partial charge >= 0.3 is 12.1 Å². The molecule has 1 fully saturated rings. The van der Waals surface area contributed by atoms with E-state index in [1.54, 1.807) is 6.20 Å². The van der Waals surface area contributed by atoms with Crippen molar-refractivity contribution in [3.8, 4) is 11.3 Å². The first-order chi connectivity index (χ1) is 11.8. The number of rotatable bonds is 4. The number of carboxylic acid groups (broad SMARTS) is 1. The molecule has 1 aliphatic rings. The minimum absolute atomic E-state index is 0.0212. The van der Waals surface area contributed by atoms with Crippen LogP contribution in [0.15, 0.2) is 42.6 Å². The van der Waals surface area contributed by atoms with Gasteiger partial charge in [0.25, 0.3) is 0 Å². The summed E-state index contributed by atoms with van der Waals surface area (Å²) in [5, 5.41) is 8.87. The lowest BCUT2D eigenvalue weighted by Crippen LogP contribution is -2.27. The molecular weight excluding hydrogens is 333 g/mol. The number of aromatic nitrogens is 1. The molecule has 0 amide bonds. The van der Waals surface area contributed by atoms with E-state index >= 15 is 0 Å². The highest BCUT2D eigenvalue weighted by Crippen LogP contribution is 2.32. The molecule has 1 aromatic carbocycles. The minimum atomic E-state index is -4.36. The van der Waals surface area contributed by atoms with Crippen molar-refractivity contribution in [3.05, 3.63) is 53.7 Å². The number of halogens is 3. The Labute approximate surface area is 142 Å². The summed E-state index contributed by atoms with van der Waals surface area (Å²) in [5.41, 5.74) is 1.57. The van der Waals surface area contributed by atoms with Crippen molar-refractivity contribution in [3.63, 3.8) is 0 Å². The third kappa shape index (κ3) is 4.17. The lowest BCUT2D eigenvalue weighted by molar-refractivity contribution is -0.138. The van der Waals surface area contributed by atoms with Gasteiger partial charge in [0.15, 0.2) is 0 Å². The van der Waals surface area contributed by atoms with E-state index in [-0.39, 0.29) is 12.5 Å². The highest BCUT2D eigenvalue weighted by molar-refractivity contribution is 5.69. The molecule has 1 aliphatic heterocycles. The number of pyridine rings is 1. The summed E-state index contributed by atoms with van der Waals surface area (Å²) in [4.78, 5) is 16.9. The lowest BCUT2D eigenvalue weighted by atomic mass is 9.97. The average Bonchev–Trinajstić information content (AvgIpc) is 3.02. The largest absolute Gasteiger partial charge is 0.480 e. The predicted molar refractivity (Wildman–Crippen MR) is 86.1 cm³/mol. The van der Waals surface area contributed by atoms with E-state index in [0.29, 0.717) is 17.8 Å². The third-order valence-corrected chi connectivity index (χ3v) is 4.39. The molecule has 2 aromatic rings. The molecule has 1 aromatic heterocycles. The van der Waals surface area contributed by atoms with E-state index in [0.717, 1.165) is 30.7 Å². The van der Waals surface area contributed by atoms with Gasteiger partial charge in [0.05, 0.1) is 17.8 Å². The Morgan fingerprint density at radius 2 is 1.96 bits per heavy atom. The second-order valence-electron chi connectivity index (χ2n) is 6.16. The Hall–Kier alpha value is -2.41. The Balaban J connectivity index is 1.77. The average molecular weight is 350 g/mol. The molecule has 2 heterocycles. The van der Waals surface area contributed by atoms with Crippen LogP contribution in [0.3, 0.4) is 0 Å². The first-order valence-corrected chi connectivity index (χ1v) is 7.90. The number of hydrogen-bond acceptors (Lipinski definition) is 3. The summed E-state index contributed by atoms with van der Waals surface area (Å²) in [5.74, 6) is -0.642. The van der Waals surface area contributed by atoms with Crippen molar-refractivity contribution < 1.29 is 23.1 Å². The number of carboxylic acids is 1. The van der Waals surface area contributed by atoms with Crippen molar-refractivity contribution in [1.82, 2.24) is 9.88 Å². The van der Waals surface area contributed by atoms with Crippen LogP contribution >= 0.6 is 0 Å². The predicted octanol–water partition coefficient (Wildman–Crippen LogP) is 3.64. The van der Waals surface area contributed by atoms with Gasteiger partial charge in [0.2, 0.25) is 0 Å². The Morgan fingerprint density at radius 1 is 1.24 bits per heavy atom. The Kier molecular flexibility index (Phi) is 4.76. The number of nitrogens with zero attached hydrogens (tertiary/aromatic N) is 2. The molecule has 0 aliphatic carbocycles. The monoisotopic (exact) mass is 350 g/mol. The van der Waals surface area contributed by atoms with Crippen LogP contribution in [0.2, 0.25) is 0 Å². The zero-order valence-corrected chi connectivity index (χ0v) is 13.3. The van der Waals surface area contributed by atoms with Crippen LogP contribution in [0.5, 0.6) is 0 Å². The second-order valence-corrected chi connectivity index (χ2v) is 6.16. The number of aliphatic carboxylic acids is 1. The molecule has 25 heavy (non-hydrogen) atoms. The molecule has 3 rings (SSSR count). The minimum Gasteiger partial charge on any atom is -0.480 e. The molecule has 0 radical (unpaired) electrons. The van der Waals surface area contributed by atoms with Gasteiger partial charge in [-0.3, -0.25) is 14.7 Å². The van der Waals surface area contributed by atoms with Gasteiger partial charge in [-0.05, 0) is 48.7 Å². The van der Waals surface area contributed by atoms with E-state index in [9.17, 15) is 18.0 Å². The van der Waals surface area contributed by atoms with Crippen LogP contribution < -0.4 is 0 Å². The molecule has 1 atom stereocenters. The topological polar surface area (TPSA) is 53.4 Å². The van der Waals surface area contributed by atoms with Gasteiger partial charge in [-0.1, -0.05) is 12.1 Å². The summed E-state index contributed by atoms with van der Waals surface area (Å²) in [6, 6.07) is 8.68. The highest BCUT2D eigenvalue weighted by Gasteiger charge is 2.30. The normalized spacial score (nSPS) is 18.4. The van der Waals surface area contributed by atoms with Gasteiger partial charge in [0, 0.05) is 18.3 Å². The third-order valence-electron chi connectivity index (χ3n) is 4.39. The van der Waals surface area contributed by atoms with Crippen molar-refractivity contribution in [2.75, 3.05) is 19.6 Å². The van der Waals surface area contributed by atoms with E-state index in [2.05, 4.69) is 4.98 Å².